The van der Waals surface area contributed by atoms with Gasteiger partial charge in [0.1, 0.15) is 0 Å². The Hall–Kier alpha value is -1.76. The first kappa shape index (κ1) is 13.2. The van der Waals surface area contributed by atoms with Crippen LogP contribution in [-0.4, -0.2) is 26.1 Å². The Bertz CT molecular complexity index is 749. The van der Waals surface area contributed by atoms with E-state index in [0.29, 0.717) is 16.1 Å². The van der Waals surface area contributed by atoms with E-state index < -0.39 is 12.0 Å². The molecule has 0 aromatic carbocycles. The molecule has 3 rings (SSSR count). The minimum Gasteiger partial charge on any atom is -0.480 e. The lowest BCUT2D eigenvalue weighted by atomic mass is 9.89. The van der Waals surface area contributed by atoms with E-state index in [1.807, 2.05) is 0 Å². The molecule has 0 amide bonds. The zero-order valence-electron chi connectivity index (χ0n) is 11.3. The third-order valence-corrected chi connectivity index (χ3v) is 5.01. The summed E-state index contributed by atoms with van der Waals surface area (Å²) in [5, 5.41) is 17.4. The maximum Gasteiger partial charge on any atom is 0.328 e. The molecule has 0 aliphatic heterocycles. The second-order valence-corrected chi connectivity index (χ2v) is 6.47. The Labute approximate surface area is 119 Å². The molecular formula is C13H15N3O3S. The van der Waals surface area contributed by atoms with Crippen molar-refractivity contribution in [2.75, 3.05) is 0 Å². The Balaban J connectivity index is 2.23. The number of rotatable bonds is 2. The maximum atomic E-state index is 12.5. The average molecular weight is 293 g/mol. The summed E-state index contributed by atoms with van der Waals surface area (Å²) in [4.78, 5) is 25.4. The summed E-state index contributed by atoms with van der Waals surface area (Å²) >= 11 is 1.51. The number of carboxylic acid groups (broad SMARTS) is 1. The lowest BCUT2D eigenvalue weighted by Crippen LogP contribution is -2.31. The van der Waals surface area contributed by atoms with Crippen molar-refractivity contribution in [2.45, 2.75) is 39.2 Å². The molecule has 20 heavy (non-hydrogen) atoms. The predicted octanol–water partition coefficient (Wildman–Crippen LogP) is 1.62. The lowest BCUT2D eigenvalue weighted by Gasteiger charge is -2.17. The number of carbonyl (C=O) groups is 1. The van der Waals surface area contributed by atoms with Gasteiger partial charge in [-0.3, -0.25) is 4.79 Å². The summed E-state index contributed by atoms with van der Waals surface area (Å²) in [5.41, 5.74) is 0.714. The molecule has 0 unspecified atom stereocenters. The van der Waals surface area contributed by atoms with E-state index in [-0.39, 0.29) is 5.56 Å². The smallest absolute Gasteiger partial charge is 0.328 e. The largest absolute Gasteiger partial charge is 0.480 e. The molecular weight excluding hydrogens is 278 g/mol. The third-order valence-electron chi connectivity index (χ3n) is 3.87. The topological polar surface area (TPSA) is 85.1 Å². The summed E-state index contributed by atoms with van der Waals surface area (Å²) in [6.45, 7) is 3.63. The van der Waals surface area contributed by atoms with Crippen LogP contribution in [0.2, 0.25) is 0 Å². The van der Waals surface area contributed by atoms with Gasteiger partial charge >= 0.3 is 5.97 Å². The van der Waals surface area contributed by atoms with Gasteiger partial charge in [-0.1, -0.05) is 12.1 Å². The number of nitrogens with zero attached hydrogens (tertiary/aromatic N) is 3. The first-order valence-electron chi connectivity index (χ1n) is 6.61. The van der Waals surface area contributed by atoms with E-state index >= 15 is 0 Å². The molecule has 1 aliphatic rings. The summed E-state index contributed by atoms with van der Waals surface area (Å²) < 4.78 is 0.968. The number of fused-ring (bicyclic) bond motifs is 3. The van der Waals surface area contributed by atoms with Gasteiger partial charge < -0.3 is 5.11 Å². The third kappa shape index (κ3) is 1.93. The molecule has 2 heterocycles. The van der Waals surface area contributed by atoms with Crippen molar-refractivity contribution in [3.05, 3.63) is 20.8 Å². The van der Waals surface area contributed by atoms with Crippen LogP contribution in [0.1, 0.15) is 36.8 Å². The van der Waals surface area contributed by atoms with Gasteiger partial charge in [-0.05, 0) is 37.7 Å². The van der Waals surface area contributed by atoms with E-state index in [4.69, 9.17) is 5.11 Å². The predicted molar refractivity (Wildman–Crippen MR) is 75.2 cm³/mol. The molecule has 2 aromatic rings. The summed E-state index contributed by atoms with van der Waals surface area (Å²) in [5.74, 6) is -0.470. The lowest BCUT2D eigenvalue weighted by molar-refractivity contribution is -0.140. The first-order valence-corrected chi connectivity index (χ1v) is 7.43. The highest BCUT2D eigenvalue weighted by molar-refractivity contribution is 7.18. The highest BCUT2D eigenvalue weighted by Gasteiger charge is 2.25. The number of carboxylic acids is 1. The second kappa shape index (κ2) is 4.66. The summed E-state index contributed by atoms with van der Waals surface area (Å²) in [6.07, 6.45) is 2.87. The van der Waals surface area contributed by atoms with Gasteiger partial charge in [-0.2, -0.15) is 4.68 Å². The number of thiophene rings is 1. The summed E-state index contributed by atoms with van der Waals surface area (Å²) in [7, 11) is 0. The fourth-order valence-electron chi connectivity index (χ4n) is 2.63. The number of hydrogen-bond acceptors (Lipinski definition) is 5. The molecule has 2 aromatic heterocycles. The molecule has 0 saturated heterocycles. The molecule has 2 atom stereocenters. The Morgan fingerprint density at radius 1 is 1.55 bits per heavy atom. The van der Waals surface area contributed by atoms with Crippen molar-refractivity contribution >= 4 is 27.5 Å². The Morgan fingerprint density at radius 2 is 2.30 bits per heavy atom. The quantitative estimate of drug-likeness (QED) is 0.909. The van der Waals surface area contributed by atoms with Crippen molar-refractivity contribution in [3.63, 3.8) is 0 Å². The molecule has 0 bridgehead atoms. The molecule has 1 N–H and O–H groups in total. The fourth-order valence-corrected chi connectivity index (χ4v) is 3.95. The van der Waals surface area contributed by atoms with Crippen LogP contribution in [0.3, 0.4) is 0 Å². The van der Waals surface area contributed by atoms with Gasteiger partial charge in [-0.25, -0.2) is 4.79 Å². The molecule has 0 radical (unpaired) electrons. The fraction of sp³-hybridized carbons (Fsp3) is 0.538. The van der Waals surface area contributed by atoms with E-state index in [1.54, 1.807) is 0 Å². The molecule has 106 valence electrons. The minimum absolute atomic E-state index is 0.336. The Kier molecular flexibility index (Phi) is 3.08. The van der Waals surface area contributed by atoms with Crippen LogP contribution < -0.4 is 5.56 Å². The number of aromatic nitrogens is 3. The SMILES string of the molecule is C[C@H]1CCc2c(sc3nnn([C@@H](C)C(=O)O)c(=O)c23)C1. The highest BCUT2D eigenvalue weighted by Crippen LogP contribution is 2.35. The van der Waals surface area contributed by atoms with Crippen LogP contribution in [0.25, 0.3) is 10.2 Å². The van der Waals surface area contributed by atoms with Crippen LogP contribution in [0.15, 0.2) is 4.79 Å². The molecule has 0 fully saturated rings. The van der Waals surface area contributed by atoms with Gasteiger partial charge in [0.25, 0.3) is 5.56 Å². The molecule has 0 spiro atoms. The van der Waals surface area contributed by atoms with Gasteiger partial charge in [0.2, 0.25) is 0 Å². The maximum absolute atomic E-state index is 12.5. The van der Waals surface area contributed by atoms with Crippen LogP contribution in [0.5, 0.6) is 0 Å². The van der Waals surface area contributed by atoms with Gasteiger partial charge in [0.15, 0.2) is 10.9 Å². The minimum atomic E-state index is -1.08. The average Bonchev–Trinajstić information content (AvgIpc) is 2.76. The normalized spacial score (nSPS) is 19.8. The van der Waals surface area contributed by atoms with Crippen LogP contribution in [-0.2, 0) is 17.6 Å². The second-order valence-electron chi connectivity index (χ2n) is 5.39. The van der Waals surface area contributed by atoms with Crippen molar-refractivity contribution < 1.29 is 9.90 Å². The molecule has 7 heteroatoms. The summed E-state index contributed by atoms with van der Waals surface area (Å²) in [6, 6.07) is -1.00. The van der Waals surface area contributed by atoms with E-state index in [2.05, 4.69) is 17.2 Å². The van der Waals surface area contributed by atoms with Crippen molar-refractivity contribution in [3.8, 4) is 0 Å². The molecule has 0 saturated carbocycles. The van der Waals surface area contributed by atoms with E-state index in [9.17, 15) is 9.59 Å². The zero-order chi connectivity index (χ0) is 14.4. The highest BCUT2D eigenvalue weighted by atomic mass is 32.1. The van der Waals surface area contributed by atoms with Gasteiger partial charge in [-0.15, -0.1) is 16.4 Å². The van der Waals surface area contributed by atoms with Crippen LogP contribution in [0, 0.1) is 5.92 Å². The molecule has 6 nitrogen and oxygen atoms in total. The Morgan fingerprint density at radius 3 is 3.00 bits per heavy atom. The van der Waals surface area contributed by atoms with Crippen LogP contribution >= 0.6 is 11.3 Å². The number of aryl methyl sites for hydroxylation is 1. The van der Waals surface area contributed by atoms with Crippen molar-refractivity contribution in [2.24, 2.45) is 5.92 Å². The van der Waals surface area contributed by atoms with Crippen molar-refractivity contribution in [1.29, 1.82) is 0 Å². The number of hydrogen-bond donors (Lipinski definition) is 1. The van der Waals surface area contributed by atoms with Gasteiger partial charge in [0.05, 0.1) is 5.39 Å². The van der Waals surface area contributed by atoms with E-state index in [0.717, 1.165) is 29.5 Å². The first-order chi connectivity index (χ1) is 9.49. The van der Waals surface area contributed by atoms with Crippen molar-refractivity contribution in [1.82, 2.24) is 15.0 Å². The van der Waals surface area contributed by atoms with Gasteiger partial charge in [0, 0.05) is 4.88 Å². The van der Waals surface area contributed by atoms with E-state index in [1.165, 1.54) is 23.1 Å². The number of aliphatic carboxylic acids is 1. The zero-order valence-corrected chi connectivity index (χ0v) is 12.1. The molecule has 1 aliphatic carbocycles. The monoisotopic (exact) mass is 293 g/mol. The van der Waals surface area contributed by atoms with Crippen LogP contribution in [0.4, 0.5) is 0 Å². The standard InChI is InChI=1S/C13H15N3O3S/c1-6-3-4-8-9(5-6)20-11-10(8)12(17)16(15-14-11)7(2)13(18)19/h6-7H,3-5H2,1-2H3,(H,18,19)/t6-,7-/m0/s1.